The maximum Gasteiger partial charge on any atom is 0.161 e. The van der Waals surface area contributed by atoms with Crippen LogP contribution in [0.25, 0.3) is 81.8 Å². The number of thiophene rings is 1. The summed E-state index contributed by atoms with van der Waals surface area (Å²) < 4.78 is 1.24. The van der Waals surface area contributed by atoms with Crippen LogP contribution in [0, 0.1) is 0 Å². The molecule has 3 heteroatoms. The molecule has 3 aliphatic rings. The minimum absolute atomic E-state index is 0.0330. The van der Waals surface area contributed by atoms with E-state index in [2.05, 4.69) is 173 Å². The fourth-order valence-corrected chi connectivity index (χ4v) is 10.7. The Balaban J connectivity index is 0.986. The van der Waals surface area contributed by atoms with E-state index in [1.165, 1.54) is 76.9 Å². The molecule has 0 radical (unpaired) electrons. The van der Waals surface area contributed by atoms with Crippen LogP contribution in [-0.2, 0) is 10.8 Å². The van der Waals surface area contributed by atoms with Crippen LogP contribution in [0.3, 0.4) is 0 Å². The standard InChI is InChI=1S/C52H40N2S/c1-51(2)42-22-10-8-20-37(42)40-29-45-41(30-44(40)51)39-28-35(24-25-43(39)52(45,3)4)33-17-12-16-32(26-33)34-18-13-19-36(27-34)49-53-48(31-14-6-5-7-15-31)47-38-21-9-11-23-46(38)55-50(47)54-49/h6,8-30H,5,7H2,1-4H3. The number of hydrogen-bond acceptors (Lipinski definition) is 3. The molecular weight excluding hydrogens is 685 g/mol. The Morgan fingerprint density at radius 3 is 1.87 bits per heavy atom. The van der Waals surface area contributed by atoms with Gasteiger partial charge in [0.05, 0.1) is 5.69 Å². The Bertz CT molecular complexity index is 2990. The fourth-order valence-electron chi connectivity index (χ4n) is 9.59. The lowest BCUT2D eigenvalue weighted by atomic mass is 9.79. The van der Waals surface area contributed by atoms with Crippen LogP contribution in [0.1, 0.15) is 68.5 Å². The van der Waals surface area contributed by atoms with E-state index in [0.717, 1.165) is 45.7 Å². The zero-order chi connectivity index (χ0) is 37.1. The van der Waals surface area contributed by atoms with Gasteiger partial charge in [0.25, 0.3) is 0 Å². The van der Waals surface area contributed by atoms with Crippen molar-refractivity contribution >= 4 is 37.2 Å². The van der Waals surface area contributed by atoms with E-state index in [9.17, 15) is 0 Å². The van der Waals surface area contributed by atoms with Crippen LogP contribution < -0.4 is 0 Å². The van der Waals surface area contributed by atoms with Crippen LogP contribution in [0.4, 0.5) is 0 Å². The highest BCUT2D eigenvalue weighted by molar-refractivity contribution is 7.25. The SMILES string of the molecule is CC1(C)c2ccccc2-c2cc3c(cc21)-c1cc(-c2cccc(-c4cccc(-c5nc(C6=CCCC=C6)c6c(n5)sc5ccccc56)c4)c2)ccc1C3(C)C. The van der Waals surface area contributed by atoms with Crippen LogP contribution in [-0.4, -0.2) is 9.97 Å². The second kappa shape index (κ2) is 11.8. The highest BCUT2D eigenvalue weighted by Crippen LogP contribution is 2.56. The highest BCUT2D eigenvalue weighted by atomic mass is 32.1. The maximum atomic E-state index is 5.30. The number of rotatable bonds is 4. The largest absolute Gasteiger partial charge is 0.227 e. The van der Waals surface area contributed by atoms with Crippen LogP contribution in [0.15, 0.2) is 146 Å². The molecule has 0 spiro atoms. The van der Waals surface area contributed by atoms with E-state index in [1.807, 2.05) is 0 Å². The van der Waals surface area contributed by atoms with E-state index >= 15 is 0 Å². The van der Waals surface area contributed by atoms with Crippen molar-refractivity contribution in [2.75, 3.05) is 0 Å². The number of allylic oxidation sites excluding steroid dienone is 4. The first-order chi connectivity index (χ1) is 26.8. The van der Waals surface area contributed by atoms with Gasteiger partial charge in [-0.05, 0) is 122 Å². The molecule has 2 heterocycles. The summed E-state index contributed by atoms with van der Waals surface area (Å²) in [6, 6.07) is 47.4. The van der Waals surface area contributed by atoms with Crippen LogP contribution in [0.5, 0.6) is 0 Å². The van der Waals surface area contributed by atoms with E-state index in [-0.39, 0.29) is 10.8 Å². The summed E-state index contributed by atoms with van der Waals surface area (Å²) in [6.07, 6.45) is 8.92. The van der Waals surface area contributed by atoms with Crippen molar-refractivity contribution in [1.29, 1.82) is 0 Å². The quantitative estimate of drug-likeness (QED) is 0.181. The van der Waals surface area contributed by atoms with Crippen molar-refractivity contribution in [3.63, 3.8) is 0 Å². The van der Waals surface area contributed by atoms with Crippen molar-refractivity contribution in [2.24, 2.45) is 0 Å². The van der Waals surface area contributed by atoms with Crippen molar-refractivity contribution in [2.45, 2.75) is 51.4 Å². The summed E-state index contributed by atoms with van der Waals surface area (Å²) in [4.78, 5) is 11.5. The minimum Gasteiger partial charge on any atom is -0.227 e. The van der Waals surface area contributed by atoms with Gasteiger partial charge >= 0.3 is 0 Å². The molecule has 0 saturated carbocycles. The van der Waals surface area contributed by atoms with Crippen LogP contribution >= 0.6 is 11.3 Å². The van der Waals surface area contributed by atoms with E-state index in [1.54, 1.807) is 11.3 Å². The molecule has 0 atom stereocenters. The molecule has 264 valence electrons. The van der Waals surface area contributed by atoms with Gasteiger partial charge in [0.2, 0.25) is 0 Å². The molecule has 3 aliphatic carbocycles. The van der Waals surface area contributed by atoms with Gasteiger partial charge in [0, 0.05) is 31.9 Å². The fraction of sp³-hybridized carbons (Fsp3) is 0.154. The summed E-state index contributed by atoms with van der Waals surface area (Å²) in [7, 11) is 0. The molecule has 11 rings (SSSR count). The molecule has 55 heavy (non-hydrogen) atoms. The Morgan fingerprint density at radius 1 is 0.509 bits per heavy atom. The third kappa shape index (κ3) is 4.86. The number of hydrogen-bond donors (Lipinski definition) is 0. The Kier molecular flexibility index (Phi) is 6.98. The topological polar surface area (TPSA) is 25.8 Å². The van der Waals surface area contributed by atoms with Crippen molar-refractivity contribution in [1.82, 2.24) is 9.97 Å². The molecule has 0 N–H and O–H groups in total. The maximum absolute atomic E-state index is 5.30. The smallest absolute Gasteiger partial charge is 0.161 e. The average Bonchev–Trinajstić information content (AvgIpc) is 3.79. The van der Waals surface area contributed by atoms with Gasteiger partial charge in [-0.1, -0.05) is 137 Å². The van der Waals surface area contributed by atoms with Crippen molar-refractivity contribution < 1.29 is 0 Å². The van der Waals surface area contributed by atoms with E-state index in [0.29, 0.717) is 0 Å². The van der Waals surface area contributed by atoms with E-state index < -0.39 is 0 Å². The molecule has 0 saturated heterocycles. The molecule has 2 nitrogen and oxygen atoms in total. The average molecular weight is 725 g/mol. The second-order valence-electron chi connectivity index (χ2n) is 16.5. The summed E-state index contributed by atoms with van der Waals surface area (Å²) in [5.74, 6) is 0.768. The Labute approximate surface area is 326 Å². The first-order valence-electron chi connectivity index (χ1n) is 19.5. The van der Waals surface area contributed by atoms with Crippen molar-refractivity contribution in [3.8, 4) is 55.9 Å². The van der Waals surface area contributed by atoms with Crippen LogP contribution in [0.2, 0.25) is 0 Å². The summed E-state index contributed by atoms with van der Waals surface area (Å²) in [5, 5.41) is 2.39. The monoisotopic (exact) mass is 724 g/mol. The second-order valence-corrected chi connectivity index (χ2v) is 17.5. The number of nitrogens with zero attached hydrogens (tertiary/aromatic N) is 2. The highest BCUT2D eigenvalue weighted by Gasteiger charge is 2.41. The first-order valence-corrected chi connectivity index (χ1v) is 20.3. The number of aromatic nitrogens is 2. The van der Waals surface area contributed by atoms with Gasteiger partial charge in [-0.15, -0.1) is 11.3 Å². The molecule has 6 aromatic carbocycles. The summed E-state index contributed by atoms with van der Waals surface area (Å²) in [6.45, 7) is 9.52. The van der Waals surface area contributed by atoms with Crippen molar-refractivity contribution in [3.05, 3.63) is 174 Å². The summed E-state index contributed by atoms with van der Waals surface area (Å²) >= 11 is 1.75. The lowest BCUT2D eigenvalue weighted by Gasteiger charge is -2.24. The van der Waals surface area contributed by atoms with Gasteiger partial charge in [0.1, 0.15) is 4.83 Å². The number of fused-ring (bicyclic) bond motifs is 9. The molecule has 0 unspecified atom stereocenters. The molecule has 0 fully saturated rings. The third-order valence-electron chi connectivity index (χ3n) is 12.5. The molecular formula is C52H40N2S. The normalized spacial score (nSPS) is 15.8. The van der Waals surface area contributed by atoms with Gasteiger partial charge < -0.3 is 0 Å². The van der Waals surface area contributed by atoms with Gasteiger partial charge in [0.15, 0.2) is 5.82 Å². The zero-order valence-electron chi connectivity index (χ0n) is 31.6. The number of benzene rings is 6. The van der Waals surface area contributed by atoms with Gasteiger partial charge in [-0.2, -0.15) is 0 Å². The molecule has 0 amide bonds. The lowest BCUT2D eigenvalue weighted by molar-refractivity contribution is 0.652. The lowest BCUT2D eigenvalue weighted by Crippen LogP contribution is -2.16. The Morgan fingerprint density at radius 2 is 1.13 bits per heavy atom. The summed E-state index contributed by atoms with van der Waals surface area (Å²) in [5.41, 5.74) is 19.1. The van der Waals surface area contributed by atoms with E-state index in [4.69, 9.17) is 9.97 Å². The zero-order valence-corrected chi connectivity index (χ0v) is 32.4. The Hall–Kier alpha value is -5.90. The minimum atomic E-state index is -0.0766. The molecule has 0 aliphatic heterocycles. The molecule has 2 aromatic heterocycles. The van der Waals surface area contributed by atoms with Gasteiger partial charge in [-0.25, -0.2) is 9.97 Å². The van der Waals surface area contributed by atoms with Gasteiger partial charge in [-0.3, -0.25) is 0 Å². The molecule has 0 bridgehead atoms. The third-order valence-corrected chi connectivity index (χ3v) is 13.6. The molecule has 8 aromatic rings. The predicted octanol–water partition coefficient (Wildman–Crippen LogP) is 14.2. The first kappa shape index (κ1) is 32.5. The predicted molar refractivity (Wildman–Crippen MR) is 233 cm³/mol.